The van der Waals surface area contributed by atoms with E-state index in [4.69, 9.17) is 4.74 Å². The van der Waals surface area contributed by atoms with Crippen molar-refractivity contribution in [2.75, 3.05) is 7.11 Å². The molecular weight excluding hydrogens is 338 g/mol. The van der Waals surface area contributed by atoms with Crippen LogP contribution in [0.1, 0.15) is 0 Å². The Labute approximate surface area is 128 Å². The minimum absolute atomic E-state index is 0.788. The zero-order valence-electron chi connectivity index (χ0n) is 10.6. The normalized spacial score (nSPS) is 10.5. The summed E-state index contributed by atoms with van der Waals surface area (Å²) in [6.07, 6.45) is 5.03. The van der Waals surface area contributed by atoms with Gasteiger partial charge in [-0.3, -0.25) is 9.97 Å². The predicted octanol–water partition coefficient (Wildman–Crippen LogP) is 4.04. The standard InChI is InChI=1S/C14H10BrN3OS/c1-19-13-3-2-9(6-10(13)15)12-8-20-14(18-12)11-7-16-4-5-17-11/h2-8H,1H3. The SMILES string of the molecule is COc1ccc(-c2csc(-c3cnccn3)n2)cc1Br. The van der Waals surface area contributed by atoms with Gasteiger partial charge in [-0.05, 0) is 34.1 Å². The summed E-state index contributed by atoms with van der Waals surface area (Å²) < 4.78 is 6.14. The van der Waals surface area contributed by atoms with E-state index >= 15 is 0 Å². The molecule has 0 bridgehead atoms. The first-order chi connectivity index (χ1) is 9.78. The summed E-state index contributed by atoms with van der Waals surface area (Å²) in [4.78, 5) is 12.9. The first kappa shape index (κ1) is 13.2. The number of methoxy groups -OCH3 is 1. The number of benzene rings is 1. The summed E-state index contributed by atoms with van der Waals surface area (Å²) in [5.74, 6) is 0.804. The first-order valence-electron chi connectivity index (χ1n) is 5.84. The lowest BCUT2D eigenvalue weighted by atomic mass is 10.2. The molecule has 0 N–H and O–H groups in total. The molecule has 0 spiro atoms. The van der Waals surface area contributed by atoms with E-state index in [1.54, 1.807) is 37.0 Å². The van der Waals surface area contributed by atoms with E-state index in [0.29, 0.717) is 0 Å². The number of thiazole rings is 1. The molecule has 20 heavy (non-hydrogen) atoms. The molecule has 0 unspecified atom stereocenters. The molecule has 0 radical (unpaired) electrons. The van der Waals surface area contributed by atoms with E-state index in [9.17, 15) is 0 Å². The quantitative estimate of drug-likeness (QED) is 0.717. The average Bonchev–Trinajstić information content (AvgIpc) is 2.98. The summed E-state index contributed by atoms with van der Waals surface area (Å²) in [5, 5.41) is 2.87. The van der Waals surface area contributed by atoms with Gasteiger partial charge in [0.15, 0.2) is 0 Å². The van der Waals surface area contributed by atoms with Crippen LogP contribution in [-0.4, -0.2) is 22.1 Å². The van der Waals surface area contributed by atoms with Gasteiger partial charge in [0.1, 0.15) is 16.5 Å². The number of hydrogen-bond donors (Lipinski definition) is 0. The molecule has 6 heteroatoms. The lowest BCUT2D eigenvalue weighted by Gasteiger charge is -2.04. The van der Waals surface area contributed by atoms with Gasteiger partial charge in [0.05, 0.1) is 23.5 Å². The summed E-state index contributed by atoms with van der Waals surface area (Å²) in [6, 6.07) is 5.90. The molecule has 2 heterocycles. The molecule has 100 valence electrons. The number of rotatable bonds is 3. The number of aromatic nitrogens is 3. The second-order valence-electron chi connectivity index (χ2n) is 3.98. The Hall–Kier alpha value is -1.79. The third kappa shape index (κ3) is 2.57. The van der Waals surface area contributed by atoms with Crippen molar-refractivity contribution in [2.45, 2.75) is 0 Å². The molecule has 4 nitrogen and oxygen atoms in total. The third-order valence-electron chi connectivity index (χ3n) is 2.73. The molecular formula is C14H10BrN3OS. The highest BCUT2D eigenvalue weighted by molar-refractivity contribution is 9.10. The van der Waals surface area contributed by atoms with Crippen molar-refractivity contribution in [3.8, 4) is 27.7 Å². The van der Waals surface area contributed by atoms with Gasteiger partial charge in [0.25, 0.3) is 0 Å². The van der Waals surface area contributed by atoms with Crippen LogP contribution < -0.4 is 4.74 Å². The number of ether oxygens (including phenoxy) is 1. The third-order valence-corrected chi connectivity index (χ3v) is 4.22. The molecule has 1 aromatic carbocycles. The van der Waals surface area contributed by atoms with Crippen molar-refractivity contribution >= 4 is 27.3 Å². The van der Waals surface area contributed by atoms with E-state index in [-0.39, 0.29) is 0 Å². The highest BCUT2D eigenvalue weighted by Crippen LogP contribution is 2.32. The fourth-order valence-electron chi connectivity index (χ4n) is 1.76. The van der Waals surface area contributed by atoms with Gasteiger partial charge in [0.2, 0.25) is 0 Å². The summed E-state index contributed by atoms with van der Waals surface area (Å²) in [6.45, 7) is 0. The largest absolute Gasteiger partial charge is 0.496 e. The lowest BCUT2D eigenvalue weighted by Crippen LogP contribution is -1.86. The lowest BCUT2D eigenvalue weighted by molar-refractivity contribution is 0.412. The van der Waals surface area contributed by atoms with Gasteiger partial charge in [-0.1, -0.05) is 0 Å². The first-order valence-corrected chi connectivity index (χ1v) is 7.51. The fourth-order valence-corrected chi connectivity index (χ4v) is 3.09. The number of hydrogen-bond acceptors (Lipinski definition) is 5. The van der Waals surface area contributed by atoms with Gasteiger partial charge < -0.3 is 4.74 Å². The Morgan fingerprint density at radius 1 is 1.20 bits per heavy atom. The van der Waals surface area contributed by atoms with Crippen molar-refractivity contribution in [1.82, 2.24) is 15.0 Å². The molecule has 0 saturated carbocycles. The topological polar surface area (TPSA) is 47.9 Å². The Balaban J connectivity index is 1.96. The average molecular weight is 348 g/mol. The summed E-state index contributed by atoms with van der Waals surface area (Å²) >= 11 is 5.04. The van der Waals surface area contributed by atoms with Crippen molar-refractivity contribution in [3.63, 3.8) is 0 Å². The van der Waals surface area contributed by atoms with Crippen LogP contribution in [0.5, 0.6) is 5.75 Å². The zero-order valence-corrected chi connectivity index (χ0v) is 13.0. The number of nitrogens with zero attached hydrogens (tertiary/aromatic N) is 3. The zero-order chi connectivity index (χ0) is 13.9. The van der Waals surface area contributed by atoms with Crippen LogP contribution in [0.15, 0.2) is 46.6 Å². The van der Waals surface area contributed by atoms with E-state index in [2.05, 4.69) is 30.9 Å². The molecule has 0 fully saturated rings. The molecule has 0 aliphatic rings. The van der Waals surface area contributed by atoms with Crippen molar-refractivity contribution in [3.05, 3.63) is 46.6 Å². The summed E-state index contributed by atoms with van der Waals surface area (Å²) in [7, 11) is 1.65. The molecule has 0 aliphatic heterocycles. The second-order valence-corrected chi connectivity index (χ2v) is 5.69. The highest BCUT2D eigenvalue weighted by Gasteiger charge is 2.09. The maximum Gasteiger partial charge on any atom is 0.144 e. The molecule has 0 saturated heterocycles. The monoisotopic (exact) mass is 347 g/mol. The molecule has 2 aromatic heterocycles. The highest BCUT2D eigenvalue weighted by atomic mass is 79.9. The van der Waals surface area contributed by atoms with Gasteiger partial charge in [-0.2, -0.15) is 0 Å². The Kier molecular flexibility index (Phi) is 3.75. The maximum absolute atomic E-state index is 5.23. The molecule has 0 amide bonds. The Morgan fingerprint density at radius 3 is 2.80 bits per heavy atom. The second kappa shape index (κ2) is 5.68. The van der Waals surface area contributed by atoms with Gasteiger partial charge in [-0.25, -0.2) is 4.98 Å². The minimum atomic E-state index is 0.788. The van der Waals surface area contributed by atoms with E-state index in [1.165, 1.54) is 0 Å². The van der Waals surface area contributed by atoms with Crippen LogP contribution in [-0.2, 0) is 0 Å². The van der Waals surface area contributed by atoms with Crippen molar-refractivity contribution in [1.29, 1.82) is 0 Å². The predicted molar refractivity (Wildman–Crippen MR) is 82.8 cm³/mol. The van der Waals surface area contributed by atoms with Gasteiger partial charge in [0, 0.05) is 23.3 Å². The van der Waals surface area contributed by atoms with Gasteiger partial charge >= 0.3 is 0 Å². The van der Waals surface area contributed by atoms with Crippen LogP contribution in [0.25, 0.3) is 22.0 Å². The molecule has 0 atom stereocenters. The van der Waals surface area contributed by atoms with Crippen LogP contribution in [0.4, 0.5) is 0 Å². The molecule has 3 aromatic rings. The Morgan fingerprint density at radius 2 is 2.10 bits per heavy atom. The van der Waals surface area contributed by atoms with Crippen molar-refractivity contribution < 1.29 is 4.74 Å². The molecule has 3 rings (SSSR count). The van der Waals surface area contributed by atoms with Crippen LogP contribution in [0.3, 0.4) is 0 Å². The van der Waals surface area contributed by atoms with Crippen molar-refractivity contribution in [2.24, 2.45) is 0 Å². The van der Waals surface area contributed by atoms with E-state index < -0.39 is 0 Å². The van der Waals surface area contributed by atoms with Gasteiger partial charge in [-0.15, -0.1) is 11.3 Å². The Bertz CT molecular complexity index is 730. The van der Waals surface area contributed by atoms with Crippen LogP contribution >= 0.6 is 27.3 Å². The minimum Gasteiger partial charge on any atom is -0.496 e. The van der Waals surface area contributed by atoms with E-state index in [0.717, 1.165) is 32.2 Å². The summed E-state index contributed by atoms with van der Waals surface area (Å²) in [5.41, 5.74) is 2.74. The number of halogens is 1. The molecule has 0 aliphatic carbocycles. The smallest absolute Gasteiger partial charge is 0.144 e. The van der Waals surface area contributed by atoms with E-state index in [1.807, 2.05) is 23.6 Å². The maximum atomic E-state index is 5.23. The fraction of sp³-hybridized carbons (Fsp3) is 0.0714. The van der Waals surface area contributed by atoms with Crippen LogP contribution in [0.2, 0.25) is 0 Å². The van der Waals surface area contributed by atoms with Crippen LogP contribution in [0, 0.1) is 0 Å².